The number of anilines is 2. The fourth-order valence-electron chi connectivity index (χ4n) is 9.21. The summed E-state index contributed by atoms with van der Waals surface area (Å²) in [5.74, 6) is 1.47. The maximum absolute atomic E-state index is 13.9. The maximum atomic E-state index is 13.9. The lowest BCUT2D eigenvalue weighted by atomic mass is 9.89. The number of carbonyl (C=O) groups is 4. The van der Waals surface area contributed by atoms with Gasteiger partial charge in [-0.15, -0.1) is 16.4 Å². The maximum Gasteiger partial charge on any atom is 0.325 e. The number of aryl methyl sites for hydroxylation is 2. The van der Waals surface area contributed by atoms with Crippen molar-refractivity contribution in [1.82, 2.24) is 44.9 Å². The van der Waals surface area contributed by atoms with Gasteiger partial charge < -0.3 is 58.7 Å². The van der Waals surface area contributed by atoms with E-state index in [0.29, 0.717) is 115 Å². The van der Waals surface area contributed by atoms with E-state index in [4.69, 9.17) is 28.4 Å². The van der Waals surface area contributed by atoms with E-state index in [1.165, 1.54) is 11.3 Å². The summed E-state index contributed by atoms with van der Waals surface area (Å²) in [4.78, 5) is 62.6. The van der Waals surface area contributed by atoms with Crippen molar-refractivity contribution < 1.29 is 47.6 Å². The van der Waals surface area contributed by atoms with Crippen LogP contribution in [0.15, 0.2) is 97.1 Å². The zero-order chi connectivity index (χ0) is 58.9. The molecule has 1 unspecified atom stereocenters. The number of hydrogen-bond acceptors (Lipinski definition) is 16. The summed E-state index contributed by atoms with van der Waals surface area (Å²) < 4.78 is 36.5. The van der Waals surface area contributed by atoms with Crippen molar-refractivity contribution in [3.8, 4) is 11.5 Å². The molecule has 0 spiro atoms. The summed E-state index contributed by atoms with van der Waals surface area (Å²) in [6.07, 6.45) is 15.8. The number of carbonyl (C=O) groups excluding carboxylic acids is 4. The minimum absolute atomic E-state index is 0.0273. The lowest BCUT2D eigenvalue weighted by molar-refractivity contribution is -0.144. The Bertz CT molecular complexity index is 2560. The fourth-order valence-corrected chi connectivity index (χ4v) is 10.00. The summed E-state index contributed by atoms with van der Waals surface area (Å²) in [5.41, 5.74) is 4.38. The molecule has 4 heterocycles. The summed E-state index contributed by atoms with van der Waals surface area (Å²) >= 11 is 1.40. The van der Waals surface area contributed by atoms with Crippen LogP contribution >= 0.6 is 11.3 Å². The smallest absolute Gasteiger partial charge is 0.325 e. The van der Waals surface area contributed by atoms with Gasteiger partial charge in [-0.25, -0.2) is 14.5 Å². The first-order chi connectivity index (χ1) is 40.5. The molecule has 3 aliphatic rings. The molecule has 2 aromatic carbocycles. The van der Waals surface area contributed by atoms with E-state index in [0.717, 1.165) is 119 Å². The standard InChI is InChI=1S/C55H77N9O9S.C6H12N2O/c1-5-10-42(6-2)39-56-53(66)52(44-23-30-68-31-24-44)64(48-16-17-48)51(65)22-13-43-11-18-49(19-12-43)72-29-9-8-26-62(4)27-33-70-36-35-69-32-25-47-40-63(61-60-47)28-34-71-37-38-73-50-20-14-46(15-21-50)57-54(67)59-55-58-45(7-3)41-74-55;1-7-2-4-8(6-9)5-3-7/h5-6,10-12,14-15,18-21,40-41,44,48,52H,1-2,7-9,13,16-17,22-39H2,3-4H3,(H,56,66)(H2,57,58,59,67);6H,2-5H2,1H3/b42-10+;. The van der Waals surface area contributed by atoms with E-state index in [-0.39, 0.29) is 29.8 Å². The van der Waals surface area contributed by atoms with Gasteiger partial charge in [-0.1, -0.05) is 55.7 Å². The highest BCUT2D eigenvalue weighted by Gasteiger charge is 2.44. The van der Waals surface area contributed by atoms with Crippen LogP contribution in [0.5, 0.6) is 11.5 Å². The van der Waals surface area contributed by atoms with Crippen LogP contribution in [-0.2, 0) is 59.1 Å². The molecule has 2 aliphatic heterocycles. The minimum Gasteiger partial charge on any atom is -0.494 e. The van der Waals surface area contributed by atoms with E-state index < -0.39 is 6.04 Å². The Hall–Kier alpha value is -6.53. The Morgan fingerprint density at radius 3 is 2.20 bits per heavy atom. The van der Waals surface area contributed by atoms with Crippen LogP contribution in [0.25, 0.3) is 0 Å². The third-order valence-electron chi connectivity index (χ3n) is 14.3. The van der Waals surface area contributed by atoms with Gasteiger partial charge in [-0.3, -0.25) is 19.7 Å². The number of nitrogens with one attached hydrogen (secondary N) is 3. The van der Waals surface area contributed by atoms with Crippen molar-refractivity contribution in [2.45, 2.75) is 89.8 Å². The van der Waals surface area contributed by atoms with Crippen molar-refractivity contribution in [3.05, 3.63) is 114 Å². The molecule has 21 nitrogen and oxygen atoms in total. The molecule has 0 bridgehead atoms. The molecule has 2 saturated heterocycles. The molecular weight excluding hydrogens is 1080 g/mol. The van der Waals surface area contributed by atoms with Crippen molar-refractivity contribution in [2.24, 2.45) is 5.92 Å². The molecule has 22 heteroatoms. The van der Waals surface area contributed by atoms with Gasteiger partial charge >= 0.3 is 6.03 Å². The average molecular weight is 1170 g/mol. The Kier molecular flexibility index (Phi) is 29.7. The second-order valence-corrected chi connectivity index (χ2v) is 21.6. The Morgan fingerprint density at radius 2 is 1.52 bits per heavy atom. The molecule has 454 valence electrons. The number of rotatable bonds is 37. The lowest BCUT2D eigenvalue weighted by Crippen LogP contribution is -2.55. The number of ether oxygens (including phenoxy) is 6. The molecule has 1 aliphatic carbocycles. The highest BCUT2D eigenvalue weighted by Crippen LogP contribution is 2.35. The van der Waals surface area contributed by atoms with E-state index >= 15 is 0 Å². The number of aromatic nitrogens is 4. The lowest BCUT2D eigenvalue weighted by Gasteiger charge is -2.38. The number of hydrogen-bond donors (Lipinski definition) is 3. The van der Waals surface area contributed by atoms with Crippen LogP contribution in [0.3, 0.4) is 0 Å². The summed E-state index contributed by atoms with van der Waals surface area (Å²) in [6, 6.07) is 14.4. The third kappa shape index (κ3) is 25.1. The molecule has 0 radical (unpaired) electrons. The monoisotopic (exact) mass is 1170 g/mol. The second kappa shape index (κ2) is 37.6. The number of piperazine rings is 1. The van der Waals surface area contributed by atoms with E-state index in [1.54, 1.807) is 46.0 Å². The predicted molar refractivity (Wildman–Crippen MR) is 323 cm³/mol. The summed E-state index contributed by atoms with van der Waals surface area (Å²) in [7, 11) is 4.17. The van der Waals surface area contributed by atoms with E-state index in [2.05, 4.69) is 68.3 Å². The van der Waals surface area contributed by atoms with Crippen LogP contribution < -0.4 is 25.4 Å². The van der Waals surface area contributed by atoms with Crippen LogP contribution in [-0.4, -0.2) is 202 Å². The highest BCUT2D eigenvalue weighted by molar-refractivity contribution is 7.13. The molecule has 4 aromatic rings. The van der Waals surface area contributed by atoms with Crippen LogP contribution in [0.4, 0.5) is 15.6 Å². The number of benzene rings is 2. The number of urea groups is 1. The molecule has 83 heavy (non-hydrogen) atoms. The molecule has 7 rings (SSSR count). The fraction of sp³-hybridized carbons (Fsp3) is 0.557. The first kappa shape index (κ1) is 65.6. The predicted octanol–water partition coefficient (Wildman–Crippen LogP) is 6.93. The van der Waals surface area contributed by atoms with Crippen molar-refractivity contribution >= 4 is 46.4 Å². The number of unbranched alkanes of at least 4 members (excludes halogenated alkanes) is 1. The topological polar surface area (TPSA) is 216 Å². The third-order valence-corrected chi connectivity index (χ3v) is 15.1. The number of allylic oxidation sites excluding steroid dienone is 2. The molecule has 5 amide bonds. The van der Waals surface area contributed by atoms with Crippen molar-refractivity contribution in [3.63, 3.8) is 0 Å². The number of thiazole rings is 1. The molecule has 2 aromatic heterocycles. The largest absolute Gasteiger partial charge is 0.494 e. The Morgan fingerprint density at radius 1 is 0.819 bits per heavy atom. The van der Waals surface area contributed by atoms with Gasteiger partial charge in [0.05, 0.1) is 64.2 Å². The zero-order valence-electron chi connectivity index (χ0n) is 49.1. The Balaban J connectivity index is 0.00000112. The van der Waals surface area contributed by atoms with Gasteiger partial charge in [-0.2, -0.15) is 0 Å². The average Bonchev–Trinajstić information content (AvgIpc) is 4.11. The van der Waals surface area contributed by atoms with Crippen molar-refractivity contribution in [2.75, 3.05) is 137 Å². The molecule has 1 atom stereocenters. The number of amides is 5. The molecule has 3 fully saturated rings. The quantitative estimate of drug-likeness (QED) is 0.0237. The van der Waals surface area contributed by atoms with Gasteiger partial charge in [0, 0.05) is 88.6 Å². The molecule has 1 saturated carbocycles. The SMILES string of the molecule is C=C/C=C(\C=C)CNC(=O)C(C1CCOCC1)N(C(=O)CCc1ccc(OCCCCN(C)CCOCCOCCc2cn(CCOCCOc3ccc(NC(=O)Nc4nc(CC)cs4)cc3)nn2)cc1)C1CC1.CN1CCN(C=O)CC1. The Labute approximate surface area is 494 Å². The zero-order valence-corrected chi connectivity index (χ0v) is 49.9. The van der Waals surface area contributed by atoms with Gasteiger partial charge in [0.15, 0.2) is 5.13 Å². The van der Waals surface area contributed by atoms with Gasteiger partial charge in [0.25, 0.3) is 0 Å². The normalized spacial score (nSPS) is 15.2. The second-order valence-electron chi connectivity index (χ2n) is 20.8. The summed E-state index contributed by atoms with van der Waals surface area (Å²) in [6.45, 7) is 21.4. The van der Waals surface area contributed by atoms with Gasteiger partial charge in [-0.05, 0) is 125 Å². The summed E-state index contributed by atoms with van der Waals surface area (Å²) in [5, 5.41) is 19.6. The number of likely N-dealkylation sites (N-methyl/N-ethyl adjacent to an activating group) is 2. The van der Waals surface area contributed by atoms with Gasteiger partial charge in [0.2, 0.25) is 18.2 Å². The highest BCUT2D eigenvalue weighted by atomic mass is 32.1. The first-order valence-corrected chi connectivity index (χ1v) is 30.2. The number of nitrogens with zero attached hydrogens (tertiary/aromatic N) is 8. The van der Waals surface area contributed by atoms with Crippen LogP contribution in [0.2, 0.25) is 0 Å². The molecular formula is C61H89N11O10S. The molecule has 3 N–H and O–H groups in total. The first-order valence-electron chi connectivity index (χ1n) is 29.3. The van der Waals surface area contributed by atoms with Crippen molar-refractivity contribution in [1.29, 1.82) is 0 Å². The van der Waals surface area contributed by atoms with Crippen LogP contribution in [0, 0.1) is 5.92 Å². The minimum atomic E-state index is -0.516. The van der Waals surface area contributed by atoms with Crippen LogP contribution in [0.1, 0.15) is 68.8 Å². The van der Waals surface area contributed by atoms with Gasteiger partial charge in [0.1, 0.15) is 24.1 Å². The van der Waals surface area contributed by atoms with E-state index in [9.17, 15) is 19.2 Å². The van der Waals surface area contributed by atoms with E-state index in [1.807, 2.05) is 53.7 Å².